The average Bonchev–Trinajstić information content (AvgIpc) is 2.25. The standard InChI is InChI=1S/C12H19N3O2/c1-7(2)11(6-16)15-10-5-8(13)3-4-9(10)12(14)17/h3-5,7,11,15-16H,6,13H2,1-2H3,(H2,14,17)/t11-/m1/s1. The molecule has 0 heterocycles. The van der Waals surface area contributed by atoms with Gasteiger partial charge in [-0.3, -0.25) is 4.79 Å². The lowest BCUT2D eigenvalue weighted by Gasteiger charge is -2.22. The number of aliphatic hydroxyl groups excluding tert-OH is 1. The van der Waals surface area contributed by atoms with Crippen LogP contribution in [0.5, 0.6) is 0 Å². The van der Waals surface area contributed by atoms with Crippen LogP contribution < -0.4 is 16.8 Å². The highest BCUT2D eigenvalue weighted by atomic mass is 16.3. The Hall–Kier alpha value is -1.75. The lowest BCUT2D eigenvalue weighted by atomic mass is 10.0. The first-order valence-electron chi connectivity index (χ1n) is 5.52. The number of primary amides is 1. The molecule has 0 aliphatic heterocycles. The molecule has 0 saturated carbocycles. The normalized spacial score (nSPS) is 12.5. The summed E-state index contributed by atoms with van der Waals surface area (Å²) >= 11 is 0. The predicted octanol–water partition coefficient (Wildman–Crippen LogP) is 0.797. The average molecular weight is 237 g/mol. The van der Waals surface area contributed by atoms with Crippen LogP contribution in [-0.4, -0.2) is 23.7 Å². The van der Waals surface area contributed by atoms with Crippen molar-refractivity contribution < 1.29 is 9.90 Å². The minimum Gasteiger partial charge on any atom is -0.399 e. The van der Waals surface area contributed by atoms with Crippen LogP contribution >= 0.6 is 0 Å². The summed E-state index contributed by atoms with van der Waals surface area (Å²) in [5.41, 5.74) is 12.4. The summed E-state index contributed by atoms with van der Waals surface area (Å²) in [6.07, 6.45) is 0. The monoisotopic (exact) mass is 237 g/mol. The second-order valence-electron chi connectivity index (χ2n) is 4.35. The van der Waals surface area contributed by atoms with Crippen molar-refractivity contribution in [1.82, 2.24) is 0 Å². The summed E-state index contributed by atoms with van der Waals surface area (Å²) in [5, 5.41) is 12.3. The molecular weight excluding hydrogens is 218 g/mol. The lowest BCUT2D eigenvalue weighted by Crippen LogP contribution is -2.30. The molecule has 1 rings (SSSR count). The number of carbonyl (C=O) groups excluding carboxylic acids is 1. The highest BCUT2D eigenvalue weighted by molar-refractivity contribution is 5.99. The number of rotatable bonds is 5. The molecule has 0 fully saturated rings. The van der Waals surface area contributed by atoms with Crippen molar-refractivity contribution in [2.75, 3.05) is 17.7 Å². The van der Waals surface area contributed by atoms with Crippen LogP contribution in [0.1, 0.15) is 24.2 Å². The van der Waals surface area contributed by atoms with Gasteiger partial charge in [0.1, 0.15) is 0 Å². The molecule has 1 atom stereocenters. The largest absolute Gasteiger partial charge is 0.399 e. The van der Waals surface area contributed by atoms with E-state index in [0.29, 0.717) is 16.9 Å². The van der Waals surface area contributed by atoms with Crippen LogP contribution in [0.15, 0.2) is 18.2 Å². The number of anilines is 2. The molecule has 17 heavy (non-hydrogen) atoms. The van der Waals surface area contributed by atoms with Crippen molar-refractivity contribution in [2.45, 2.75) is 19.9 Å². The van der Waals surface area contributed by atoms with Gasteiger partial charge < -0.3 is 21.9 Å². The summed E-state index contributed by atoms with van der Waals surface area (Å²) in [5.74, 6) is -0.296. The number of nitrogens with two attached hydrogens (primary N) is 2. The number of aliphatic hydroxyl groups is 1. The Morgan fingerprint density at radius 1 is 1.47 bits per heavy atom. The minimum absolute atomic E-state index is 0.0231. The molecule has 0 spiro atoms. The molecular formula is C12H19N3O2. The fourth-order valence-corrected chi connectivity index (χ4v) is 1.52. The Labute approximate surface area is 101 Å². The van der Waals surface area contributed by atoms with Gasteiger partial charge in [-0.2, -0.15) is 0 Å². The maximum Gasteiger partial charge on any atom is 0.250 e. The van der Waals surface area contributed by atoms with E-state index in [-0.39, 0.29) is 18.6 Å². The highest BCUT2D eigenvalue weighted by Gasteiger charge is 2.15. The molecule has 94 valence electrons. The topological polar surface area (TPSA) is 101 Å². The fourth-order valence-electron chi connectivity index (χ4n) is 1.52. The molecule has 6 N–H and O–H groups in total. The van der Waals surface area contributed by atoms with E-state index in [2.05, 4.69) is 5.32 Å². The zero-order valence-electron chi connectivity index (χ0n) is 10.1. The van der Waals surface area contributed by atoms with Crippen molar-refractivity contribution in [2.24, 2.45) is 11.7 Å². The maximum absolute atomic E-state index is 11.3. The summed E-state index contributed by atoms with van der Waals surface area (Å²) in [4.78, 5) is 11.3. The number of nitrogen functional groups attached to an aromatic ring is 1. The Balaban J connectivity index is 3.03. The molecule has 5 nitrogen and oxygen atoms in total. The van der Waals surface area contributed by atoms with Gasteiger partial charge in [0.15, 0.2) is 0 Å². The number of hydrogen-bond donors (Lipinski definition) is 4. The number of nitrogens with one attached hydrogen (secondary N) is 1. The van der Waals surface area contributed by atoms with E-state index in [1.165, 1.54) is 0 Å². The zero-order valence-corrected chi connectivity index (χ0v) is 10.1. The third kappa shape index (κ3) is 3.35. The third-order valence-electron chi connectivity index (χ3n) is 2.65. The van der Waals surface area contributed by atoms with Gasteiger partial charge in [-0.25, -0.2) is 0 Å². The predicted molar refractivity (Wildman–Crippen MR) is 68.7 cm³/mol. The van der Waals surface area contributed by atoms with Crippen molar-refractivity contribution >= 4 is 17.3 Å². The van der Waals surface area contributed by atoms with Crippen LogP contribution in [0.2, 0.25) is 0 Å². The van der Waals surface area contributed by atoms with E-state index in [9.17, 15) is 9.90 Å². The molecule has 0 saturated heterocycles. The molecule has 0 aliphatic carbocycles. The van der Waals surface area contributed by atoms with Gasteiger partial charge in [0.2, 0.25) is 0 Å². The molecule has 5 heteroatoms. The molecule has 0 aliphatic rings. The molecule has 0 aromatic heterocycles. The molecule has 1 aromatic carbocycles. The lowest BCUT2D eigenvalue weighted by molar-refractivity contribution is 0.100. The van der Waals surface area contributed by atoms with E-state index in [4.69, 9.17) is 11.5 Å². The van der Waals surface area contributed by atoms with Crippen LogP contribution in [0.3, 0.4) is 0 Å². The van der Waals surface area contributed by atoms with Gasteiger partial charge in [0.25, 0.3) is 5.91 Å². The molecule has 0 radical (unpaired) electrons. The van der Waals surface area contributed by atoms with Gasteiger partial charge in [0.05, 0.1) is 18.2 Å². The minimum atomic E-state index is -0.520. The quantitative estimate of drug-likeness (QED) is 0.569. The van der Waals surface area contributed by atoms with Crippen LogP contribution in [-0.2, 0) is 0 Å². The Bertz CT molecular complexity index is 405. The molecule has 0 unspecified atom stereocenters. The highest BCUT2D eigenvalue weighted by Crippen LogP contribution is 2.21. The van der Waals surface area contributed by atoms with E-state index >= 15 is 0 Å². The number of benzene rings is 1. The maximum atomic E-state index is 11.3. The first-order chi connectivity index (χ1) is 7.95. The molecule has 1 aromatic rings. The van der Waals surface area contributed by atoms with Crippen LogP contribution in [0.25, 0.3) is 0 Å². The second-order valence-corrected chi connectivity index (χ2v) is 4.35. The van der Waals surface area contributed by atoms with Crippen molar-refractivity contribution in [1.29, 1.82) is 0 Å². The van der Waals surface area contributed by atoms with Gasteiger partial charge in [-0.05, 0) is 24.1 Å². The summed E-state index contributed by atoms with van der Waals surface area (Å²) in [6.45, 7) is 3.93. The van der Waals surface area contributed by atoms with E-state index in [0.717, 1.165) is 0 Å². The summed E-state index contributed by atoms with van der Waals surface area (Å²) in [7, 11) is 0. The molecule has 1 amide bonds. The van der Waals surface area contributed by atoms with E-state index < -0.39 is 5.91 Å². The van der Waals surface area contributed by atoms with Crippen molar-refractivity contribution in [3.63, 3.8) is 0 Å². The zero-order chi connectivity index (χ0) is 13.0. The van der Waals surface area contributed by atoms with Gasteiger partial charge >= 0.3 is 0 Å². The molecule has 0 bridgehead atoms. The SMILES string of the molecule is CC(C)[C@@H](CO)Nc1cc(N)ccc1C(N)=O. The summed E-state index contributed by atoms with van der Waals surface area (Å²) in [6, 6.07) is 4.70. The first-order valence-corrected chi connectivity index (χ1v) is 5.52. The first kappa shape index (κ1) is 13.3. The van der Waals surface area contributed by atoms with Gasteiger partial charge in [-0.1, -0.05) is 13.8 Å². The Kier molecular flexibility index (Phi) is 4.34. The smallest absolute Gasteiger partial charge is 0.250 e. The fraction of sp³-hybridized carbons (Fsp3) is 0.417. The summed E-state index contributed by atoms with van der Waals surface area (Å²) < 4.78 is 0. The van der Waals surface area contributed by atoms with E-state index in [1.54, 1.807) is 18.2 Å². The van der Waals surface area contributed by atoms with Crippen molar-refractivity contribution in [3.8, 4) is 0 Å². The third-order valence-corrected chi connectivity index (χ3v) is 2.65. The Morgan fingerprint density at radius 3 is 2.59 bits per heavy atom. The van der Waals surface area contributed by atoms with Crippen LogP contribution in [0, 0.1) is 5.92 Å². The van der Waals surface area contributed by atoms with Gasteiger partial charge in [-0.15, -0.1) is 0 Å². The van der Waals surface area contributed by atoms with Crippen molar-refractivity contribution in [3.05, 3.63) is 23.8 Å². The number of hydrogen-bond acceptors (Lipinski definition) is 4. The van der Waals surface area contributed by atoms with Crippen LogP contribution in [0.4, 0.5) is 11.4 Å². The number of carbonyl (C=O) groups is 1. The second kappa shape index (κ2) is 5.54. The Morgan fingerprint density at radius 2 is 2.12 bits per heavy atom. The number of amides is 1. The van der Waals surface area contributed by atoms with Gasteiger partial charge in [0, 0.05) is 11.4 Å². The van der Waals surface area contributed by atoms with E-state index in [1.807, 2.05) is 13.8 Å².